The lowest BCUT2D eigenvalue weighted by molar-refractivity contribution is 0.307. The third kappa shape index (κ3) is 3.79. The van der Waals surface area contributed by atoms with Crippen LogP contribution >= 0.6 is 11.8 Å². The molecule has 108 valence electrons. The summed E-state index contributed by atoms with van der Waals surface area (Å²) in [4.78, 5) is 1.36. The number of thioether (sulfide) groups is 1. The lowest BCUT2D eigenvalue weighted by Gasteiger charge is -2.32. The van der Waals surface area contributed by atoms with Crippen molar-refractivity contribution >= 4 is 11.8 Å². The normalized spacial score (nSPS) is 26.2. The molecule has 0 bridgehead atoms. The predicted molar refractivity (Wildman–Crippen MR) is 86.9 cm³/mol. The zero-order valence-electron chi connectivity index (χ0n) is 12.9. The number of hydrogen-bond donors (Lipinski definition) is 0. The maximum atomic E-state index is 9.41. The Bertz CT molecular complexity index is 489. The molecule has 0 aliphatic heterocycles. The number of hydrogen-bond acceptors (Lipinski definition) is 2. The van der Waals surface area contributed by atoms with Crippen LogP contribution in [-0.4, -0.2) is 5.25 Å². The van der Waals surface area contributed by atoms with E-state index in [0.29, 0.717) is 5.25 Å². The highest BCUT2D eigenvalue weighted by Gasteiger charge is 2.31. The van der Waals surface area contributed by atoms with Gasteiger partial charge in [-0.2, -0.15) is 5.26 Å². The monoisotopic (exact) mass is 287 g/mol. The molecule has 0 N–H and O–H groups in total. The minimum absolute atomic E-state index is 0.230. The van der Waals surface area contributed by atoms with Gasteiger partial charge in [0.05, 0.1) is 12.0 Å². The van der Waals surface area contributed by atoms with Gasteiger partial charge in [0.1, 0.15) is 0 Å². The summed E-state index contributed by atoms with van der Waals surface area (Å²) in [7, 11) is 0. The fourth-order valence-electron chi connectivity index (χ4n) is 3.25. The van der Waals surface area contributed by atoms with Crippen LogP contribution in [0.3, 0.4) is 0 Å². The molecule has 0 aromatic heterocycles. The van der Waals surface area contributed by atoms with Gasteiger partial charge in [-0.3, -0.25) is 0 Å². The van der Waals surface area contributed by atoms with E-state index in [1.807, 2.05) is 11.8 Å². The van der Waals surface area contributed by atoms with Crippen LogP contribution in [0.5, 0.6) is 0 Å². The van der Waals surface area contributed by atoms with Crippen LogP contribution in [0.4, 0.5) is 0 Å². The van der Waals surface area contributed by atoms with E-state index >= 15 is 0 Å². The predicted octanol–water partition coefficient (Wildman–Crippen LogP) is 5.50. The lowest BCUT2D eigenvalue weighted by atomic mass is 9.80. The minimum Gasteiger partial charge on any atom is -0.198 e. The van der Waals surface area contributed by atoms with E-state index in [1.165, 1.54) is 41.7 Å². The first-order chi connectivity index (χ1) is 9.63. The van der Waals surface area contributed by atoms with E-state index in [0.717, 1.165) is 12.3 Å². The first-order valence-corrected chi connectivity index (χ1v) is 8.65. The number of benzene rings is 1. The van der Waals surface area contributed by atoms with Gasteiger partial charge in [-0.15, -0.1) is 11.8 Å². The average molecular weight is 287 g/mol. The van der Waals surface area contributed by atoms with Gasteiger partial charge < -0.3 is 0 Å². The Hall–Kier alpha value is -0.940. The first kappa shape index (κ1) is 15.4. The van der Waals surface area contributed by atoms with Crippen LogP contribution in [0.15, 0.2) is 23.1 Å². The Morgan fingerprint density at radius 2 is 2.10 bits per heavy atom. The van der Waals surface area contributed by atoms with E-state index in [9.17, 15) is 5.26 Å². The van der Waals surface area contributed by atoms with Gasteiger partial charge in [0.2, 0.25) is 0 Å². The lowest BCUT2D eigenvalue weighted by Crippen LogP contribution is -2.26. The molecule has 0 amide bonds. The molecular formula is C18H25NS. The second-order valence-corrected chi connectivity index (χ2v) is 7.41. The van der Waals surface area contributed by atoms with Crippen LogP contribution in [0.1, 0.15) is 50.2 Å². The van der Waals surface area contributed by atoms with Crippen molar-refractivity contribution in [3.05, 3.63) is 29.3 Å². The molecule has 1 aliphatic rings. The largest absolute Gasteiger partial charge is 0.198 e. The summed E-state index contributed by atoms with van der Waals surface area (Å²) in [6.07, 6.45) is 6.13. The fraction of sp³-hybridized carbons (Fsp3) is 0.611. The molecule has 3 atom stereocenters. The summed E-state index contributed by atoms with van der Waals surface area (Å²) in [5.41, 5.74) is 2.67. The van der Waals surface area contributed by atoms with Gasteiger partial charge in [-0.1, -0.05) is 37.5 Å². The Morgan fingerprint density at radius 1 is 1.30 bits per heavy atom. The zero-order chi connectivity index (χ0) is 14.5. The molecule has 0 heterocycles. The summed E-state index contributed by atoms with van der Waals surface area (Å²) in [6, 6.07) is 9.21. The van der Waals surface area contributed by atoms with Crippen molar-refractivity contribution in [1.82, 2.24) is 0 Å². The maximum absolute atomic E-state index is 9.41. The van der Waals surface area contributed by atoms with E-state index in [4.69, 9.17) is 0 Å². The minimum atomic E-state index is 0.230. The van der Waals surface area contributed by atoms with E-state index < -0.39 is 0 Å². The Kier molecular flexibility index (Phi) is 5.54. The van der Waals surface area contributed by atoms with Crippen LogP contribution in [0, 0.1) is 37.0 Å². The third-order valence-corrected chi connectivity index (χ3v) is 5.91. The van der Waals surface area contributed by atoms with Crippen molar-refractivity contribution in [3.63, 3.8) is 0 Å². The van der Waals surface area contributed by atoms with Crippen molar-refractivity contribution in [3.8, 4) is 6.07 Å². The highest BCUT2D eigenvalue weighted by Crippen LogP contribution is 2.41. The van der Waals surface area contributed by atoms with Crippen molar-refractivity contribution < 1.29 is 0 Å². The summed E-state index contributed by atoms with van der Waals surface area (Å²) in [5.74, 6) is 1.06. The third-order valence-electron chi connectivity index (χ3n) is 4.37. The number of nitriles is 1. The van der Waals surface area contributed by atoms with E-state index in [2.05, 4.69) is 45.0 Å². The molecule has 1 aromatic carbocycles. The molecule has 1 aromatic rings. The Balaban J connectivity index is 2.09. The SMILES string of the molecule is CCCC1CCC(C#N)C(Sc2ccc(C)cc2C)C1. The highest BCUT2D eigenvalue weighted by molar-refractivity contribution is 8.00. The van der Waals surface area contributed by atoms with Gasteiger partial charge in [0.15, 0.2) is 0 Å². The number of rotatable bonds is 4. The summed E-state index contributed by atoms with van der Waals surface area (Å²) < 4.78 is 0. The molecule has 0 saturated heterocycles. The molecule has 1 aliphatic carbocycles. The summed E-state index contributed by atoms with van der Waals surface area (Å²) >= 11 is 1.94. The van der Waals surface area contributed by atoms with Crippen molar-refractivity contribution in [2.75, 3.05) is 0 Å². The molecule has 3 unspecified atom stereocenters. The van der Waals surface area contributed by atoms with E-state index in [1.54, 1.807) is 0 Å². The standard InChI is InChI=1S/C18H25NS/c1-4-5-15-7-8-16(12-19)18(11-15)20-17-9-6-13(2)10-14(17)3/h6,9-10,15-16,18H,4-5,7-8,11H2,1-3H3. The van der Waals surface area contributed by atoms with Gasteiger partial charge in [-0.05, 0) is 50.7 Å². The van der Waals surface area contributed by atoms with Crippen LogP contribution in [-0.2, 0) is 0 Å². The van der Waals surface area contributed by atoms with Crippen molar-refractivity contribution in [2.45, 2.75) is 63.0 Å². The van der Waals surface area contributed by atoms with E-state index in [-0.39, 0.29) is 5.92 Å². The quantitative estimate of drug-likeness (QED) is 0.729. The highest BCUT2D eigenvalue weighted by atomic mass is 32.2. The average Bonchev–Trinajstić information content (AvgIpc) is 2.43. The maximum Gasteiger partial charge on any atom is 0.0667 e. The van der Waals surface area contributed by atoms with Crippen molar-refractivity contribution in [2.24, 2.45) is 11.8 Å². The summed E-state index contributed by atoms with van der Waals surface area (Å²) in [5, 5.41) is 9.88. The second kappa shape index (κ2) is 7.18. The molecule has 1 fully saturated rings. The molecule has 20 heavy (non-hydrogen) atoms. The fourth-order valence-corrected chi connectivity index (χ4v) is 4.70. The molecular weight excluding hydrogens is 262 g/mol. The number of aryl methyl sites for hydroxylation is 2. The molecule has 0 radical (unpaired) electrons. The van der Waals surface area contributed by atoms with Crippen molar-refractivity contribution in [1.29, 1.82) is 5.26 Å². The van der Waals surface area contributed by atoms with Gasteiger partial charge in [-0.25, -0.2) is 0 Å². The van der Waals surface area contributed by atoms with Crippen LogP contribution in [0.25, 0.3) is 0 Å². The second-order valence-electron chi connectivity index (χ2n) is 6.13. The molecule has 1 saturated carbocycles. The smallest absolute Gasteiger partial charge is 0.0667 e. The first-order valence-electron chi connectivity index (χ1n) is 7.77. The Morgan fingerprint density at radius 3 is 2.75 bits per heavy atom. The topological polar surface area (TPSA) is 23.8 Å². The zero-order valence-corrected chi connectivity index (χ0v) is 13.7. The van der Waals surface area contributed by atoms with Gasteiger partial charge >= 0.3 is 0 Å². The summed E-state index contributed by atoms with van der Waals surface area (Å²) in [6.45, 7) is 6.59. The molecule has 0 spiro atoms. The molecule has 1 nitrogen and oxygen atoms in total. The molecule has 2 heteroatoms. The molecule has 2 rings (SSSR count). The van der Waals surface area contributed by atoms with Crippen LogP contribution < -0.4 is 0 Å². The van der Waals surface area contributed by atoms with Gasteiger partial charge in [0.25, 0.3) is 0 Å². The van der Waals surface area contributed by atoms with Crippen LogP contribution in [0.2, 0.25) is 0 Å². The van der Waals surface area contributed by atoms with Gasteiger partial charge in [0, 0.05) is 10.1 Å². The number of nitrogens with zero attached hydrogens (tertiary/aromatic N) is 1. The Labute approximate surface area is 127 Å².